The average Bonchev–Trinajstić information content (AvgIpc) is 2.88. The summed E-state index contributed by atoms with van der Waals surface area (Å²) in [6.07, 6.45) is 0. The summed E-state index contributed by atoms with van der Waals surface area (Å²) in [5.41, 5.74) is 1.89. The zero-order valence-electron chi connectivity index (χ0n) is 8.74. The molecule has 98 valence electrons. The highest BCUT2D eigenvalue weighted by atomic mass is 32.2. The van der Waals surface area contributed by atoms with E-state index in [1.807, 2.05) is 5.48 Å². The van der Waals surface area contributed by atoms with Crippen molar-refractivity contribution in [1.82, 2.24) is 10.2 Å². The Hall–Kier alpha value is -1.49. The van der Waals surface area contributed by atoms with Crippen molar-refractivity contribution in [3.05, 3.63) is 17.0 Å². The van der Waals surface area contributed by atoms with Gasteiger partial charge in [0, 0.05) is 5.38 Å². The molecule has 18 heavy (non-hydrogen) atoms. The van der Waals surface area contributed by atoms with E-state index in [-0.39, 0.29) is 16.4 Å². The van der Waals surface area contributed by atoms with Crippen molar-refractivity contribution < 1.29 is 28.0 Å². The average molecular weight is 292 g/mol. The Morgan fingerprint density at radius 2 is 2.33 bits per heavy atom. The molecule has 1 aromatic rings. The molecule has 0 aliphatic carbocycles. The van der Waals surface area contributed by atoms with Crippen LogP contribution in [0.4, 0.5) is 0 Å². The Labute approximate surface area is 106 Å². The lowest BCUT2D eigenvalue weighted by atomic mass is 10.3. The van der Waals surface area contributed by atoms with Gasteiger partial charge >= 0.3 is 5.97 Å². The second-order valence-electron chi connectivity index (χ2n) is 3.41. The quantitative estimate of drug-likeness (QED) is 0.665. The number of carboxylic acids is 1. The lowest BCUT2D eigenvalue weighted by Gasteiger charge is -2.07. The van der Waals surface area contributed by atoms with Crippen molar-refractivity contribution in [2.24, 2.45) is 0 Å². The zero-order chi connectivity index (χ0) is 13.3. The number of rotatable bonds is 4. The Morgan fingerprint density at radius 3 is 2.83 bits per heavy atom. The number of sulfonamides is 1. The molecule has 0 radical (unpaired) electrons. The van der Waals surface area contributed by atoms with Crippen LogP contribution in [0.3, 0.4) is 0 Å². The number of hydrogen-bond acceptors (Lipinski definition) is 6. The van der Waals surface area contributed by atoms with Crippen LogP contribution in [-0.2, 0) is 19.7 Å². The Kier molecular flexibility index (Phi) is 3.34. The van der Waals surface area contributed by atoms with Crippen molar-refractivity contribution in [3.63, 3.8) is 0 Å². The maximum Gasteiger partial charge on any atom is 0.336 e. The first-order chi connectivity index (χ1) is 8.40. The summed E-state index contributed by atoms with van der Waals surface area (Å²) < 4.78 is 25.6. The third-order valence-corrected chi connectivity index (χ3v) is 5.04. The second kappa shape index (κ2) is 4.65. The van der Waals surface area contributed by atoms with Gasteiger partial charge in [0.05, 0.1) is 5.56 Å². The van der Waals surface area contributed by atoms with Crippen LogP contribution in [0.5, 0.6) is 0 Å². The van der Waals surface area contributed by atoms with Crippen LogP contribution in [0.15, 0.2) is 15.7 Å². The highest BCUT2D eigenvalue weighted by Gasteiger charge is 2.31. The number of nitrogens with one attached hydrogen (secondary N) is 2. The molecule has 2 rings (SSSR count). The molecule has 0 saturated carbocycles. The molecule has 1 aromatic heterocycles. The molecule has 1 aliphatic rings. The minimum Gasteiger partial charge on any atom is -0.478 e. The first-order valence-electron chi connectivity index (χ1n) is 4.66. The molecule has 1 atom stereocenters. The minimum absolute atomic E-state index is 0.116. The second-order valence-corrected chi connectivity index (χ2v) is 6.26. The van der Waals surface area contributed by atoms with Crippen LogP contribution < -0.4 is 10.2 Å². The highest BCUT2D eigenvalue weighted by Crippen LogP contribution is 2.20. The van der Waals surface area contributed by atoms with Gasteiger partial charge in [-0.1, -0.05) is 0 Å². The molecule has 2 heterocycles. The number of hydroxylamine groups is 1. The van der Waals surface area contributed by atoms with E-state index in [4.69, 9.17) is 5.11 Å². The van der Waals surface area contributed by atoms with Gasteiger partial charge in [-0.05, 0) is 6.07 Å². The lowest BCUT2D eigenvalue weighted by Crippen LogP contribution is -2.41. The SMILES string of the molecule is O=C(O)c1csc(S(=O)(=O)N[C@@H]2CONC2=O)c1. The van der Waals surface area contributed by atoms with Crippen molar-refractivity contribution in [1.29, 1.82) is 0 Å². The van der Waals surface area contributed by atoms with Gasteiger partial charge in [0.2, 0.25) is 0 Å². The van der Waals surface area contributed by atoms with E-state index in [1.165, 1.54) is 5.38 Å². The number of aromatic carboxylic acids is 1. The largest absolute Gasteiger partial charge is 0.478 e. The third kappa shape index (κ3) is 2.51. The van der Waals surface area contributed by atoms with E-state index in [0.717, 1.165) is 17.4 Å². The number of carboxylic acid groups (broad SMARTS) is 1. The maximum atomic E-state index is 11.8. The van der Waals surface area contributed by atoms with Gasteiger partial charge in [-0.2, -0.15) is 4.72 Å². The summed E-state index contributed by atoms with van der Waals surface area (Å²) in [6.45, 7) is -0.116. The normalized spacial score (nSPS) is 19.8. The number of amides is 1. The van der Waals surface area contributed by atoms with E-state index >= 15 is 0 Å². The van der Waals surface area contributed by atoms with Crippen LogP contribution >= 0.6 is 11.3 Å². The molecule has 0 bridgehead atoms. The Bertz CT molecular complexity index is 592. The van der Waals surface area contributed by atoms with Crippen LogP contribution in [0.1, 0.15) is 10.4 Å². The molecular formula is C8H8N2O6S2. The predicted molar refractivity (Wildman–Crippen MR) is 59.5 cm³/mol. The zero-order valence-corrected chi connectivity index (χ0v) is 10.4. The number of carbonyl (C=O) groups is 2. The topological polar surface area (TPSA) is 122 Å². The van der Waals surface area contributed by atoms with Gasteiger partial charge < -0.3 is 5.11 Å². The molecule has 1 amide bonds. The first kappa shape index (κ1) is 13.0. The predicted octanol–water partition coefficient (Wildman–Crippen LogP) is -0.845. The summed E-state index contributed by atoms with van der Waals surface area (Å²) in [4.78, 5) is 26.4. The number of carbonyl (C=O) groups excluding carboxylic acids is 1. The van der Waals surface area contributed by atoms with E-state index in [0.29, 0.717) is 0 Å². The summed E-state index contributed by atoms with van der Waals surface area (Å²) >= 11 is 0.766. The maximum absolute atomic E-state index is 11.8. The molecule has 1 saturated heterocycles. The molecule has 1 fully saturated rings. The standard InChI is InChI=1S/C8H8N2O6S2/c11-7-5(2-16-9-7)10-18(14,15)6-1-4(3-17-6)8(12)13/h1,3,5,10H,2H2,(H,9,11)(H,12,13)/t5-/m1/s1. The van der Waals surface area contributed by atoms with Crippen molar-refractivity contribution in [2.45, 2.75) is 10.3 Å². The summed E-state index contributed by atoms with van der Waals surface area (Å²) in [6, 6.07) is 0.0219. The fraction of sp³-hybridized carbons (Fsp3) is 0.250. The Balaban J connectivity index is 2.19. The van der Waals surface area contributed by atoms with Gasteiger partial charge in [-0.25, -0.2) is 18.7 Å². The number of thiophene rings is 1. The smallest absolute Gasteiger partial charge is 0.336 e. The first-order valence-corrected chi connectivity index (χ1v) is 7.02. The fourth-order valence-electron chi connectivity index (χ4n) is 1.25. The van der Waals surface area contributed by atoms with Crippen molar-refractivity contribution in [2.75, 3.05) is 6.61 Å². The summed E-state index contributed by atoms with van der Waals surface area (Å²) in [5.74, 6) is -1.80. The summed E-state index contributed by atoms with van der Waals surface area (Å²) in [5, 5.41) is 9.91. The summed E-state index contributed by atoms with van der Waals surface area (Å²) in [7, 11) is -3.92. The molecule has 0 unspecified atom stereocenters. The van der Waals surface area contributed by atoms with E-state index in [9.17, 15) is 18.0 Å². The van der Waals surface area contributed by atoms with Crippen LogP contribution in [0.2, 0.25) is 0 Å². The van der Waals surface area contributed by atoms with Gasteiger partial charge in [0.25, 0.3) is 15.9 Å². The third-order valence-electron chi connectivity index (χ3n) is 2.12. The highest BCUT2D eigenvalue weighted by molar-refractivity contribution is 7.91. The molecule has 3 N–H and O–H groups in total. The van der Waals surface area contributed by atoms with Gasteiger partial charge in [0.1, 0.15) is 16.9 Å². The van der Waals surface area contributed by atoms with Gasteiger partial charge in [-0.3, -0.25) is 9.63 Å². The van der Waals surface area contributed by atoms with Crippen molar-refractivity contribution >= 4 is 33.2 Å². The lowest BCUT2D eigenvalue weighted by molar-refractivity contribution is -0.124. The van der Waals surface area contributed by atoms with E-state index < -0.39 is 27.9 Å². The van der Waals surface area contributed by atoms with E-state index in [1.54, 1.807) is 0 Å². The Morgan fingerprint density at radius 1 is 1.61 bits per heavy atom. The number of hydrogen-bond donors (Lipinski definition) is 3. The monoisotopic (exact) mass is 292 g/mol. The van der Waals surface area contributed by atoms with Gasteiger partial charge in [0.15, 0.2) is 0 Å². The fourth-order valence-corrected chi connectivity index (χ4v) is 3.60. The van der Waals surface area contributed by atoms with Gasteiger partial charge in [-0.15, -0.1) is 11.3 Å². The molecule has 8 nitrogen and oxygen atoms in total. The molecule has 1 aliphatic heterocycles. The van der Waals surface area contributed by atoms with Crippen LogP contribution in [0, 0.1) is 0 Å². The van der Waals surface area contributed by atoms with Crippen LogP contribution in [-0.4, -0.2) is 38.0 Å². The van der Waals surface area contributed by atoms with Crippen molar-refractivity contribution in [3.8, 4) is 0 Å². The van der Waals surface area contributed by atoms with E-state index in [2.05, 4.69) is 9.56 Å². The molecular weight excluding hydrogens is 284 g/mol. The molecule has 0 spiro atoms. The van der Waals surface area contributed by atoms with Crippen LogP contribution in [0.25, 0.3) is 0 Å². The molecule has 10 heteroatoms. The molecule has 0 aromatic carbocycles. The minimum atomic E-state index is -3.92.